The molecule has 0 bridgehead atoms. The summed E-state index contributed by atoms with van der Waals surface area (Å²) in [4.78, 5) is 27.7. The van der Waals surface area contributed by atoms with Crippen LogP contribution in [0.3, 0.4) is 0 Å². The fraction of sp³-hybridized carbons (Fsp3) is 0.400. The normalized spacial score (nSPS) is 10.9. The maximum absolute atomic E-state index is 11.7. The molecule has 22 heavy (non-hydrogen) atoms. The van der Waals surface area contributed by atoms with Gasteiger partial charge in [-0.05, 0) is 24.5 Å². The summed E-state index contributed by atoms with van der Waals surface area (Å²) in [5.74, 6) is 0.383. The zero-order chi connectivity index (χ0) is 15.9. The summed E-state index contributed by atoms with van der Waals surface area (Å²) in [7, 11) is 0. The molecule has 5 nitrogen and oxygen atoms in total. The monoisotopic (exact) mass is 337 g/mol. The SMILES string of the molecule is CC(C)CCNC(=O)NC(=O)CSc1nc2ccccc2s1. The first kappa shape index (κ1) is 16.8. The van der Waals surface area contributed by atoms with E-state index in [1.54, 1.807) is 11.3 Å². The smallest absolute Gasteiger partial charge is 0.321 e. The predicted octanol–water partition coefficient (Wildman–Crippen LogP) is 3.26. The number of nitrogens with zero attached hydrogens (tertiary/aromatic N) is 1. The number of hydrogen-bond donors (Lipinski definition) is 2. The third-order valence-electron chi connectivity index (χ3n) is 2.86. The molecule has 1 aromatic carbocycles. The lowest BCUT2D eigenvalue weighted by atomic mass is 10.1. The van der Waals surface area contributed by atoms with Gasteiger partial charge in [0.1, 0.15) is 0 Å². The first-order valence-corrected chi connectivity index (χ1v) is 8.91. The standard InChI is InChI=1S/C15H19N3O2S2/c1-10(2)7-8-16-14(20)18-13(19)9-21-15-17-11-5-3-4-6-12(11)22-15/h3-6,10H,7-9H2,1-2H3,(H2,16,18,19,20). The van der Waals surface area contributed by atoms with Crippen LogP contribution in [0, 0.1) is 5.92 Å². The van der Waals surface area contributed by atoms with Crippen LogP contribution in [0.2, 0.25) is 0 Å². The number of nitrogens with one attached hydrogen (secondary N) is 2. The number of carbonyl (C=O) groups excluding carboxylic acids is 2. The van der Waals surface area contributed by atoms with E-state index < -0.39 is 6.03 Å². The van der Waals surface area contributed by atoms with Crippen LogP contribution in [0.5, 0.6) is 0 Å². The minimum atomic E-state index is -0.435. The first-order valence-electron chi connectivity index (χ1n) is 7.10. The van der Waals surface area contributed by atoms with Crippen molar-refractivity contribution in [2.24, 2.45) is 5.92 Å². The minimum absolute atomic E-state index is 0.178. The Kier molecular flexibility index (Phi) is 6.21. The Morgan fingerprint density at radius 1 is 1.32 bits per heavy atom. The fourth-order valence-electron chi connectivity index (χ4n) is 1.72. The number of aromatic nitrogens is 1. The van der Waals surface area contributed by atoms with Gasteiger partial charge in [0.2, 0.25) is 5.91 Å². The van der Waals surface area contributed by atoms with E-state index >= 15 is 0 Å². The molecule has 7 heteroatoms. The maximum atomic E-state index is 11.7. The molecule has 0 radical (unpaired) electrons. The van der Waals surface area contributed by atoms with Crippen molar-refractivity contribution in [3.8, 4) is 0 Å². The highest BCUT2D eigenvalue weighted by molar-refractivity contribution is 8.01. The number of rotatable bonds is 6. The first-order chi connectivity index (χ1) is 10.5. The van der Waals surface area contributed by atoms with Crippen molar-refractivity contribution < 1.29 is 9.59 Å². The molecule has 2 aromatic rings. The molecule has 0 unspecified atom stereocenters. The molecule has 0 aliphatic rings. The predicted molar refractivity (Wildman–Crippen MR) is 91.3 cm³/mol. The average molecular weight is 337 g/mol. The Hall–Kier alpha value is -1.60. The Morgan fingerprint density at radius 2 is 2.09 bits per heavy atom. The van der Waals surface area contributed by atoms with Crippen molar-refractivity contribution in [3.05, 3.63) is 24.3 Å². The molecular weight excluding hydrogens is 318 g/mol. The van der Waals surface area contributed by atoms with E-state index in [9.17, 15) is 9.59 Å². The molecule has 2 rings (SSSR count). The third kappa shape index (κ3) is 5.31. The van der Waals surface area contributed by atoms with Crippen LogP contribution in [-0.4, -0.2) is 29.2 Å². The Labute approximate surface area is 137 Å². The topological polar surface area (TPSA) is 71.1 Å². The second-order valence-electron chi connectivity index (χ2n) is 5.22. The van der Waals surface area contributed by atoms with Crippen molar-refractivity contribution in [2.75, 3.05) is 12.3 Å². The number of urea groups is 1. The number of para-hydroxylation sites is 1. The van der Waals surface area contributed by atoms with E-state index in [0.717, 1.165) is 21.0 Å². The van der Waals surface area contributed by atoms with Crippen LogP contribution < -0.4 is 10.6 Å². The molecule has 0 aliphatic carbocycles. The van der Waals surface area contributed by atoms with Gasteiger partial charge in [0.15, 0.2) is 4.34 Å². The molecule has 0 fully saturated rings. The van der Waals surface area contributed by atoms with Gasteiger partial charge in [-0.3, -0.25) is 10.1 Å². The summed E-state index contributed by atoms with van der Waals surface area (Å²) >= 11 is 2.89. The van der Waals surface area contributed by atoms with Gasteiger partial charge in [0.05, 0.1) is 16.0 Å². The van der Waals surface area contributed by atoms with Crippen molar-refractivity contribution in [1.29, 1.82) is 0 Å². The summed E-state index contributed by atoms with van der Waals surface area (Å²) in [5.41, 5.74) is 0.932. The van der Waals surface area contributed by atoms with Gasteiger partial charge >= 0.3 is 6.03 Å². The number of amides is 3. The average Bonchev–Trinajstić information content (AvgIpc) is 2.87. The number of thioether (sulfide) groups is 1. The molecule has 3 amide bonds. The van der Waals surface area contributed by atoms with E-state index in [2.05, 4.69) is 29.5 Å². The van der Waals surface area contributed by atoms with Crippen LogP contribution in [0.25, 0.3) is 10.2 Å². The molecule has 0 spiro atoms. The number of carbonyl (C=O) groups is 2. The number of hydrogen-bond acceptors (Lipinski definition) is 5. The lowest BCUT2D eigenvalue weighted by Crippen LogP contribution is -2.40. The molecule has 0 atom stereocenters. The van der Waals surface area contributed by atoms with Gasteiger partial charge in [0, 0.05) is 6.54 Å². The number of thiazole rings is 1. The summed E-state index contributed by atoms with van der Waals surface area (Å²) in [6.07, 6.45) is 0.891. The highest BCUT2D eigenvalue weighted by Gasteiger charge is 2.10. The highest BCUT2D eigenvalue weighted by Crippen LogP contribution is 2.28. The molecule has 118 valence electrons. The summed E-state index contributed by atoms with van der Waals surface area (Å²) in [6.45, 7) is 4.74. The second-order valence-corrected chi connectivity index (χ2v) is 7.48. The van der Waals surface area contributed by atoms with Gasteiger partial charge in [-0.15, -0.1) is 11.3 Å². The summed E-state index contributed by atoms with van der Waals surface area (Å²) in [6, 6.07) is 7.40. The van der Waals surface area contributed by atoms with Crippen molar-refractivity contribution in [3.63, 3.8) is 0 Å². The van der Waals surface area contributed by atoms with Gasteiger partial charge in [0.25, 0.3) is 0 Å². The molecule has 0 aliphatic heterocycles. The Bertz CT molecular complexity index is 622. The Balaban J connectivity index is 1.74. The van der Waals surface area contributed by atoms with Gasteiger partial charge in [-0.2, -0.15) is 0 Å². The number of imide groups is 1. The van der Waals surface area contributed by atoms with E-state index in [4.69, 9.17) is 0 Å². The lowest BCUT2D eigenvalue weighted by molar-refractivity contribution is -0.117. The van der Waals surface area contributed by atoms with E-state index in [0.29, 0.717) is 12.5 Å². The van der Waals surface area contributed by atoms with Crippen molar-refractivity contribution in [1.82, 2.24) is 15.6 Å². The quantitative estimate of drug-likeness (QED) is 0.794. The highest BCUT2D eigenvalue weighted by atomic mass is 32.2. The van der Waals surface area contributed by atoms with Crippen molar-refractivity contribution >= 4 is 45.3 Å². The summed E-state index contributed by atoms with van der Waals surface area (Å²) in [5, 5.41) is 5.00. The number of fused-ring (bicyclic) bond motifs is 1. The van der Waals surface area contributed by atoms with E-state index in [-0.39, 0.29) is 11.7 Å². The van der Waals surface area contributed by atoms with Crippen LogP contribution in [-0.2, 0) is 4.79 Å². The van der Waals surface area contributed by atoms with Crippen LogP contribution in [0.15, 0.2) is 28.6 Å². The van der Waals surface area contributed by atoms with Crippen LogP contribution in [0.1, 0.15) is 20.3 Å². The summed E-state index contributed by atoms with van der Waals surface area (Å²) < 4.78 is 1.92. The molecular formula is C15H19N3O2S2. The van der Waals surface area contributed by atoms with Crippen LogP contribution >= 0.6 is 23.1 Å². The zero-order valence-electron chi connectivity index (χ0n) is 12.6. The Morgan fingerprint density at radius 3 is 2.82 bits per heavy atom. The molecule has 0 saturated heterocycles. The van der Waals surface area contributed by atoms with E-state index in [1.807, 2.05) is 24.3 Å². The lowest BCUT2D eigenvalue weighted by Gasteiger charge is -2.07. The van der Waals surface area contributed by atoms with Gasteiger partial charge in [-0.1, -0.05) is 37.7 Å². The fourth-order valence-corrected chi connectivity index (χ4v) is 3.59. The van der Waals surface area contributed by atoms with Gasteiger partial charge < -0.3 is 5.32 Å². The van der Waals surface area contributed by atoms with Crippen LogP contribution in [0.4, 0.5) is 4.79 Å². The zero-order valence-corrected chi connectivity index (χ0v) is 14.2. The van der Waals surface area contributed by atoms with Gasteiger partial charge in [-0.25, -0.2) is 9.78 Å². The molecule has 2 N–H and O–H groups in total. The second kappa shape index (κ2) is 8.14. The molecule has 1 heterocycles. The maximum Gasteiger partial charge on any atom is 0.321 e. The van der Waals surface area contributed by atoms with E-state index in [1.165, 1.54) is 11.8 Å². The number of benzene rings is 1. The third-order valence-corrected chi connectivity index (χ3v) is 5.04. The minimum Gasteiger partial charge on any atom is -0.338 e. The molecule has 1 aromatic heterocycles. The largest absolute Gasteiger partial charge is 0.338 e. The molecule has 0 saturated carbocycles. The van der Waals surface area contributed by atoms with Crippen molar-refractivity contribution in [2.45, 2.75) is 24.6 Å².